The summed E-state index contributed by atoms with van der Waals surface area (Å²) in [5.74, 6) is -0.307. The van der Waals surface area contributed by atoms with Crippen molar-refractivity contribution >= 4 is 34.0 Å². The molecule has 0 radical (unpaired) electrons. The predicted octanol–water partition coefficient (Wildman–Crippen LogP) is 4.83. The normalized spacial score (nSPS) is 13.6. The molecule has 154 valence electrons. The standard InChI is InChI=1S/C25H27N3O2/c1-17(2)26-25(30)22-16-21(11-12-23(22)28-13-5-6-14-28)27-24(29)20-10-9-18-7-3-4-8-19(18)15-20/h3-4,7-12,15-17H,5-6,13-14H2,1-2H3,(H,26,30)(H,27,29). The molecule has 3 aromatic rings. The van der Waals surface area contributed by atoms with Gasteiger partial charge in [-0.1, -0.05) is 30.3 Å². The van der Waals surface area contributed by atoms with Gasteiger partial charge in [-0.15, -0.1) is 0 Å². The van der Waals surface area contributed by atoms with Crippen LogP contribution in [0.15, 0.2) is 60.7 Å². The van der Waals surface area contributed by atoms with Gasteiger partial charge < -0.3 is 15.5 Å². The average Bonchev–Trinajstić information content (AvgIpc) is 3.27. The first-order valence-electron chi connectivity index (χ1n) is 10.5. The van der Waals surface area contributed by atoms with Crippen LogP contribution in [0.1, 0.15) is 47.4 Å². The average molecular weight is 402 g/mol. The van der Waals surface area contributed by atoms with Crippen LogP contribution in [0.5, 0.6) is 0 Å². The third-order valence-corrected chi connectivity index (χ3v) is 5.38. The molecule has 4 rings (SSSR count). The first-order chi connectivity index (χ1) is 14.5. The van der Waals surface area contributed by atoms with E-state index in [1.54, 1.807) is 6.07 Å². The second-order valence-corrected chi connectivity index (χ2v) is 8.07. The van der Waals surface area contributed by atoms with Crippen molar-refractivity contribution in [1.29, 1.82) is 0 Å². The van der Waals surface area contributed by atoms with Gasteiger partial charge in [-0.3, -0.25) is 9.59 Å². The number of amides is 2. The third-order valence-electron chi connectivity index (χ3n) is 5.38. The number of carbonyl (C=O) groups excluding carboxylic acids is 2. The van der Waals surface area contributed by atoms with E-state index >= 15 is 0 Å². The van der Waals surface area contributed by atoms with Crippen LogP contribution < -0.4 is 15.5 Å². The lowest BCUT2D eigenvalue weighted by Crippen LogP contribution is -2.32. The van der Waals surface area contributed by atoms with Crippen LogP contribution in [-0.2, 0) is 0 Å². The summed E-state index contributed by atoms with van der Waals surface area (Å²) in [6, 6.07) is 19.2. The van der Waals surface area contributed by atoms with Gasteiger partial charge in [0.25, 0.3) is 11.8 Å². The number of hydrogen-bond donors (Lipinski definition) is 2. The smallest absolute Gasteiger partial charge is 0.255 e. The molecule has 2 amide bonds. The van der Waals surface area contributed by atoms with Crippen LogP contribution >= 0.6 is 0 Å². The Morgan fingerprint density at radius 3 is 2.33 bits per heavy atom. The Hall–Kier alpha value is -3.34. The summed E-state index contributed by atoms with van der Waals surface area (Å²) in [7, 11) is 0. The van der Waals surface area contributed by atoms with Gasteiger partial charge in [0.15, 0.2) is 0 Å². The highest BCUT2D eigenvalue weighted by atomic mass is 16.2. The fourth-order valence-corrected chi connectivity index (χ4v) is 3.90. The molecule has 0 bridgehead atoms. The van der Waals surface area contributed by atoms with Crippen LogP contribution in [0.4, 0.5) is 11.4 Å². The Balaban J connectivity index is 1.61. The summed E-state index contributed by atoms with van der Waals surface area (Å²) in [6.45, 7) is 5.78. The monoisotopic (exact) mass is 401 g/mol. The Kier molecular flexibility index (Phi) is 5.70. The molecule has 1 aliphatic rings. The van der Waals surface area contributed by atoms with Gasteiger partial charge in [0.1, 0.15) is 0 Å². The van der Waals surface area contributed by atoms with Crippen LogP contribution in [0.2, 0.25) is 0 Å². The van der Waals surface area contributed by atoms with E-state index < -0.39 is 0 Å². The summed E-state index contributed by atoms with van der Waals surface area (Å²) >= 11 is 0. The second kappa shape index (κ2) is 8.57. The van der Waals surface area contributed by atoms with Crippen molar-refractivity contribution in [2.75, 3.05) is 23.3 Å². The van der Waals surface area contributed by atoms with Gasteiger partial charge in [0.2, 0.25) is 0 Å². The van der Waals surface area contributed by atoms with E-state index in [0.29, 0.717) is 16.8 Å². The molecule has 0 saturated carbocycles. The molecule has 1 fully saturated rings. The highest BCUT2D eigenvalue weighted by Crippen LogP contribution is 2.28. The number of hydrogen-bond acceptors (Lipinski definition) is 3. The fourth-order valence-electron chi connectivity index (χ4n) is 3.90. The SMILES string of the molecule is CC(C)NC(=O)c1cc(NC(=O)c2ccc3ccccc3c2)ccc1N1CCCC1. The molecule has 1 heterocycles. The van der Waals surface area contributed by atoms with Gasteiger partial charge >= 0.3 is 0 Å². The Morgan fingerprint density at radius 1 is 0.867 bits per heavy atom. The van der Waals surface area contributed by atoms with Crippen LogP contribution in [-0.4, -0.2) is 30.9 Å². The molecule has 3 aromatic carbocycles. The number of nitrogens with one attached hydrogen (secondary N) is 2. The zero-order valence-corrected chi connectivity index (χ0v) is 17.4. The van der Waals surface area contributed by atoms with Crippen molar-refractivity contribution in [3.05, 3.63) is 71.8 Å². The number of rotatable bonds is 5. The number of nitrogens with zero attached hydrogens (tertiary/aromatic N) is 1. The lowest BCUT2D eigenvalue weighted by atomic mass is 10.1. The molecule has 5 heteroatoms. The second-order valence-electron chi connectivity index (χ2n) is 8.07. The maximum absolute atomic E-state index is 12.8. The Bertz CT molecular complexity index is 1080. The lowest BCUT2D eigenvalue weighted by molar-refractivity contribution is 0.0942. The van der Waals surface area contributed by atoms with E-state index in [9.17, 15) is 9.59 Å². The largest absolute Gasteiger partial charge is 0.371 e. The first kappa shape index (κ1) is 20.0. The van der Waals surface area contributed by atoms with Gasteiger partial charge in [-0.25, -0.2) is 0 Å². The minimum absolute atomic E-state index is 0.0415. The van der Waals surface area contributed by atoms with E-state index in [0.717, 1.165) is 42.4 Å². The van der Waals surface area contributed by atoms with Crippen molar-refractivity contribution in [2.24, 2.45) is 0 Å². The summed E-state index contributed by atoms with van der Waals surface area (Å²) in [5.41, 5.74) is 2.73. The van der Waals surface area contributed by atoms with E-state index in [1.807, 2.05) is 68.4 Å². The number of benzene rings is 3. The van der Waals surface area contributed by atoms with Crippen molar-refractivity contribution in [3.8, 4) is 0 Å². The summed E-state index contributed by atoms with van der Waals surface area (Å²) in [6.07, 6.45) is 2.26. The Morgan fingerprint density at radius 2 is 1.60 bits per heavy atom. The van der Waals surface area contributed by atoms with Crippen molar-refractivity contribution in [1.82, 2.24) is 5.32 Å². The minimum atomic E-state index is -0.190. The van der Waals surface area contributed by atoms with Gasteiger partial charge in [-0.2, -0.15) is 0 Å². The maximum atomic E-state index is 12.8. The minimum Gasteiger partial charge on any atom is -0.371 e. The molecule has 0 aliphatic carbocycles. The molecule has 0 aromatic heterocycles. The molecule has 0 atom stereocenters. The van der Waals surface area contributed by atoms with Gasteiger partial charge in [0.05, 0.1) is 5.56 Å². The van der Waals surface area contributed by atoms with Crippen molar-refractivity contribution in [3.63, 3.8) is 0 Å². The molecule has 1 aliphatic heterocycles. The first-order valence-corrected chi connectivity index (χ1v) is 10.5. The van der Waals surface area contributed by atoms with E-state index in [4.69, 9.17) is 0 Å². The van der Waals surface area contributed by atoms with E-state index in [1.165, 1.54) is 0 Å². The summed E-state index contributed by atoms with van der Waals surface area (Å²) in [4.78, 5) is 27.9. The zero-order chi connectivity index (χ0) is 21.1. The van der Waals surface area contributed by atoms with Crippen LogP contribution in [0.3, 0.4) is 0 Å². The highest BCUT2D eigenvalue weighted by Gasteiger charge is 2.21. The predicted molar refractivity (Wildman–Crippen MR) is 122 cm³/mol. The topological polar surface area (TPSA) is 61.4 Å². The molecule has 0 unspecified atom stereocenters. The van der Waals surface area contributed by atoms with Crippen molar-refractivity contribution < 1.29 is 9.59 Å². The van der Waals surface area contributed by atoms with Gasteiger partial charge in [-0.05, 0) is 67.8 Å². The van der Waals surface area contributed by atoms with E-state index in [2.05, 4.69) is 15.5 Å². The highest BCUT2D eigenvalue weighted by molar-refractivity contribution is 6.08. The molecular formula is C25H27N3O2. The van der Waals surface area contributed by atoms with Gasteiger partial charge in [0, 0.05) is 36.1 Å². The lowest BCUT2D eigenvalue weighted by Gasteiger charge is -2.22. The number of fused-ring (bicyclic) bond motifs is 1. The van der Waals surface area contributed by atoms with Crippen molar-refractivity contribution in [2.45, 2.75) is 32.7 Å². The summed E-state index contributed by atoms with van der Waals surface area (Å²) < 4.78 is 0. The molecule has 5 nitrogen and oxygen atoms in total. The summed E-state index contributed by atoms with van der Waals surface area (Å²) in [5, 5.41) is 8.04. The third kappa shape index (κ3) is 4.30. The fraction of sp³-hybridized carbons (Fsp3) is 0.280. The van der Waals surface area contributed by atoms with Crippen LogP contribution in [0, 0.1) is 0 Å². The molecule has 2 N–H and O–H groups in total. The maximum Gasteiger partial charge on any atom is 0.255 e. The zero-order valence-electron chi connectivity index (χ0n) is 17.4. The number of carbonyl (C=O) groups is 2. The molecule has 1 saturated heterocycles. The molecule has 30 heavy (non-hydrogen) atoms. The quantitative estimate of drug-likeness (QED) is 0.644. The van der Waals surface area contributed by atoms with E-state index in [-0.39, 0.29) is 17.9 Å². The Labute approximate surface area is 177 Å². The van der Waals surface area contributed by atoms with Crippen LogP contribution in [0.25, 0.3) is 10.8 Å². The molecule has 0 spiro atoms. The molecular weight excluding hydrogens is 374 g/mol. The number of anilines is 2.